The van der Waals surface area contributed by atoms with Crippen LogP contribution in [0.3, 0.4) is 0 Å². The average molecular weight is 346 g/mol. The van der Waals surface area contributed by atoms with Gasteiger partial charge in [-0.1, -0.05) is 24.3 Å². The molecule has 2 atom stereocenters. The molecule has 2 aromatic rings. The van der Waals surface area contributed by atoms with Crippen LogP contribution in [-0.4, -0.2) is 4.98 Å². The number of pyridine rings is 1. The molecular weight excluding hydrogens is 326 g/mol. The number of nitrogens with two attached hydrogens (primary N) is 1. The normalized spacial score (nSPS) is 19.0. The molecular formula is C17H20BrN3. The number of rotatable bonds is 4. The maximum atomic E-state index is 5.78. The van der Waals surface area contributed by atoms with Gasteiger partial charge >= 0.3 is 0 Å². The Kier molecular flexibility index (Phi) is 4.68. The number of nitrogens with one attached hydrogen (secondary N) is 1. The Bertz CT molecular complexity index is 597. The van der Waals surface area contributed by atoms with Crippen molar-refractivity contribution in [2.24, 2.45) is 5.84 Å². The van der Waals surface area contributed by atoms with Crippen LogP contribution in [0.4, 0.5) is 0 Å². The molecule has 4 heteroatoms. The van der Waals surface area contributed by atoms with E-state index < -0.39 is 0 Å². The maximum absolute atomic E-state index is 5.78. The van der Waals surface area contributed by atoms with Gasteiger partial charge in [0.2, 0.25) is 0 Å². The highest BCUT2D eigenvalue weighted by Gasteiger charge is 2.24. The van der Waals surface area contributed by atoms with Crippen molar-refractivity contribution in [3.05, 3.63) is 63.9 Å². The van der Waals surface area contributed by atoms with Crippen LogP contribution in [0.1, 0.15) is 48.0 Å². The van der Waals surface area contributed by atoms with Crippen LogP contribution in [0, 0.1) is 0 Å². The summed E-state index contributed by atoms with van der Waals surface area (Å²) in [6.45, 7) is 0. The third kappa shape index (κ3) is 3.34. The molecule has 2 unspecified atom stereocenters. The van der Waals surface area contributed by atoms with Crippen LogP contribution in [-0.2, 0) is 6.42 Å². The van der Waals surface area contributed by atoms with Gasteiger partial charge < -0.3 is 0 Å². The van der Waals surface area contributed by atoms with Gasteiger partial charge in [-0.15, -0.1) is 0 Å². The minimum absolute atomic E-state index is 0.0919. The highest BCUT2D eigenvalue weighted by atomic mass is 79.9. The minimum Gasteiger partial charge on any atom is -0.271 e. The Labute approximate surface area is 134 Å². The van der Waals surface area contributed by atoms with Gasteiger partial charge in [0.05, 0.1) is 11.7 Å². The lowest BCUT2D eigenvalue weighted by Gasteiger charge is -2.28. The molecule has 21 heavy (non-hydrogen) atoms. The molecule has 3 nitrogen and oxygen atoms in total. The molecule has 3 N–H and O–H groups in total. The predicted octanol–water partition coefficient (Wildman–Crippen LogP) is 3.86. The second-order valence-corrected chi connectivity index (χ2v) is 6.56. The number of hydrazine groups is 1. The Morgan fingerprint density at radius 1 is 1.29 bits per heavy atom. The first-order valence-corrected chi connectivity index (χ1v) is 8.22. The van der Waals surface area contributed by atoms with Crippen LogP contribution >= 0.6 is 15.9 Å². The molecule has 0 radical (unpaired) electrons. The number of hydrogen-bond donors (Lipinski definition) is 2. The van der Waals surface area contributed by atoms with Gasteiger partial charge in [-0.25, -0.2) is 0 Å². The zero-order valence-electron chi connectivity index (χ0n) is 11.9. The molecule has 1 aliphatic rings. The van der Waals surface area contributed by atoms with Gasteiger partial charge in [0, 0.05) is 10.7 Å². The van der Waals surface area contributed by atoms with E-state index in [1.54, 1.807) is 0 Å². The van der Waals surface area contributed by atoms with Gasteiger partial charge in [0.25, 0.3) is 0 Å². The van der Waals surface area contributed by atoms with Crippen molar-refractivity contribution >= 4 is 15.9 Å². The van der Waals surface area contributed by atoms with E-state index in [4.69, 9.17) is 5.84 Å². The molecule has 1 aliphatic carbocycles. The SMILES string of the molecule is NNC(CC1CCCc2ccccc21)c1ccc(Br)cn1. The number of hydrogen-bond acceptors (Lipinski definition) is 3. The van der Waals surface area contributed by atoms with Crippen LogP contribution in [0.15, 0.2) is 47.1 Å². The summed E-state index contributed by atoms with van der Waals surface area (Å²) < 4.78 is 0.991. The molecule has 0 aliphatic heterocycles. The summed E-state index contributed by atoms with van der Waals surface area (Å²) in [5.74, 6) is 6.34. The number of aryl methyl sites for hydroxylation is 1. The summed E-state index contributed by atoms with van der Waals surface area (Å²) >= 11 is 3.42. The van der Waals surface area contributed by atoms with Crippen molar-refractivity contribution in [3.63, 3.8) is 0 Å². The number of benzene rings is 1. The Hall–Kier alpha value is -1.23. The van der Waals surface area contributed by atoms with Gasteiger partial charge in [-0.2, -0.15) is 0 Å². The zero-order chi connectivity index (χ0) is 14.7. The number of fused-ring (bicyclic) bond motifs is 1. The number of aromatic nitrogens is 1. The van der Waals surface area contributed by atoms with Crippen molar-refractivity contribution in [2.45, 2.75) is 37.6 Å². The smallest absolute Gasteiger partial charge is 0.0638 e. The monoisotopic (exact) mass is 345 g/mol. The lowest BCUT2D eigenvalue weighted by atomic mass is 9.79. The molecule has 0 bridgehead atoms. The van der Waals surface area contributed by atoms with Crippen molar-refractivity contribution < 1.29 is 0 Å². The van der Waals surface area contributed by atoms with Crippen molar-refractivity contribution in [3.8, 4) is 0 Å². The van der Waals surface area contributed by atoms with E-state index in [-0.39, 0.29) is 6.04 Å². The summed E-state index contributed by atoms with van der Waals surface area (Å²) in [5.41, 5.74) is 6.92. The van der Waals surface area contributed by atoms with E-state index in [1.807, 2.05) is 18.3 Å². The third-order valence-corrected chi connectivity index (χ3v) is 4.79. The molecule has 110 valence electrons. The van der Waals surface area contributed by atoms with Crippen LogP contribution in [0.2, 0.25) is 0 Å². The Balaban J connectivity index is 1.80. The van der Waals surface area contributed by atoms with Crippen molar-refractivity contribution in [1.29, 1.82) is 0 Å². The molecule has 1 aromatic heterocycles. The highest BCUT2D eigenvalue weighted by Crippen LogP contribution is 2.37. The largest absolute Gasteiger partial charge is 0.271 e. The van der Waals surface area contributed by atoms with E-state index in [1.165, 1.54) is 30.4 Å². The van der Waals surface area contributed by atoms with E-state index in [0.717, 1.165) is 16.6 Å². The zero-order valence-corrected chi connectivity index (χ0v) is 13.5. The van der Waals surface area contributed by atoms with E-state index in [2.05, 4.69) is 50.6 Å². The van der Waals surface area contributed by atoms with Crippen LogP contribution in [0.5, 0.6) is 0 Å². The summed E-state index contributed by atoms with van der Waals surface area (Å²) in [6.07, 6.45) is 6.50. The molecule has 0 amide bonds. The fourth-order valence-electron chi connectivity index (χ4n) is 3.25. The third-order valence-electron chi connectivity index (χ3n) is 4.32. The quantitative estimate of drug-likeness (QED) is 0.653. The molecule has 3 rings (SSSR count). The van der Waals surface area contributed by atoms with E-state index in [0.29, 0.717) is 5.92 Å². The molecule has 1 heterocycles. The summed E-state index contributed by atoms with van der Waals surface area (Å²) in [7, 11) is 0. The van der Waals surface area contributed by atoms with Crippen molar-refractivity contribution in [2.75, 3.05) is 0 Å². The molecule has 0 spiro atoms. The second-order valence-electron chi connectivity index (χ2n) is 5.64. The molecule has 0 fully saturated rings. The van der Waals surface area contributed by atoms with Gasteiger partial charge in [-0.05, 0) is 70.8 Å². The fraction of sp³-hybridized carbons (Fsp3) is 0.353. The number of halogens is 1. The maximum Gasteiger partial charge on any atom is 0.0638 e. The highest BCUT2D eigenvalue weighted by molar-refractivity contribution is 9.10. The predicted molar refractivity (Wildman–Crippen MR) is 88.7 cm³/mol. The standard InChI is InChI=1S/C17H20BrN3/c18-14-8-9-16(20-11-14)17(21-19)10-13-6-3-5-12-4-1-2-7-15(12)13/h1-2,4,7-9,11,13,17,21H,3,5-6,10,19H2. The topological polar surface area (TPSA) is 50.9 Å². The first kappa shape index (κ1) is 14.7. The Morgan fingerprint density at radius 2 is 2.14 bits per heavy atom. The summed E-state index contributed by atoms with van der Waals surface area (Å²) in [4.78, 5) is 4.48. The van der Waals surface area contributed by atoms with Gasteiger partial charge in [0.15, 0.2) is 0 Å². The first-order chi connectivity index (χ1) is 10.3. The second kappa shape index (κ2) is 6.69. The van der Waals surface area contributed by atoms with Gasteiger partial charge in [0.1, 0.15) is 0 Å². The lowest BCUT2D eigenvalue weighted by Crippen LogP contribution is -2.30. The fourth-order valence-corrected chi connectivity index (χ4v) is 3.49. The minimum atomic E-state index is 0.0919. The van der Waals surface area contributed by atoms with Crippen LogP contribution in [0.25, 0.3) is 0 Å². The van der Waals surface area contributed by atoms with Gasteiger partial charge in [-0.3, -0.25) is 16.3 Å². The summed E-state index contributed by atoms with van der Waals surface area (Å²) in [6, 6.07) is 12.9. The molecule has 0 saturated heterocycles. The first-order valence-electron chi connectivity index (χ1n) is 7.43. The lowest BCUT2D eigenvalue weighted by molar-refractivity contribution is 0.419. The van der Waals surface area contributed by atoms with Crippen LogP contribution < -0.4 is 11.3 Å². The van der Waals surface area contributed by atoms with Crippen molar-refractivity contribution in [1.82, 2.24) is 10.4 Å². The molecule has 1 aromatic carbocycles. The van der Waals surface area contributed by atoms with E-state index >= 15 is 0 Å². The Morgan fingerprint density at radius 3 is 2.90 bits per heavy atom. The summed E-state index contributed by atoms with van der Waals surface area (Å²) in [5, 5.41) is 0. The average Bonchev–Trinajstić information content (AvgIpc) is 2.54. The number of nitrogens with zero attached hydrogens (tertiary/aromatic N) is 1. The van der Waals surface area contributed by atoms with E-state index in [9.17, 15) is 0 Å². The molecule has 0 saturated carbocycles.